The molecule has 0 aliphatic carbocycles. The molecule has 3 aromatic carbocycles. The maximum absolute atomic E-state index is 14.5. The highest BCUT2D eigenvalue weighted by Crippen LogP contribution is 2.37. The van der Waals surface area contributed by atoms with E-state index in [0.717, 1.165) is 23.1 Å². The fraction of sp³-hybridized carbons (Fsp3) is 0.200. The van der Waals surface area contributed by atoms with Crippen molar-refractivity contribution in [3.63, 3.8) is 0 Å². The van der Waals surface area contributed by atoms with Crippen LogP contribution in [0, 0.1) is 5.82 Å². The second kappa shape index (κ2) is 8.49. The number of nitrogens with zero attached hydrogens (tertiary/aromatic N) is 1. The molecule has 0 fully saturated rings. The maximum Gasteiger partial charge on any atom is 0.258 e. The molecule has 5 heteroatoms. The summed E-state index contributed by atoms with van der Waals surface area (Å²) in [5, 5.41) is 2.86. The van der Waals surface area contributed by atoms with Crippen LogP contribution in [-0.4, -0.2) is 23.3 Å². The Bertz CT molecular complexity index is 1080. The first kappa shape index (κ1) is 19.8. The molecular weight excluding hydrogens is 379 g/mol. The lowest BCUT2D eigenvalue weighted by Crippen LogP contribution is -2.39. The predicted octanol–water partition coefficient (Wildman–Crippen LogP) is 4.72. The molecule has 0 aromatic heterocycles. The van der Waals surface area contributed by atoms with Crippen LogP contribution in [0.25, 0.3) is 11.1 Å². The third-order valence-corrected chi connectivity index (χ3v) is 5.37. The summed E-state index contributed by atoms with van der Waals surface area (Å²) in [6.45, 7) is 2.67. The number of hydrogen-bond acceptors (Lipinski definition) is 2. The molecule has 0 spiro atoms. The summed E-state index contributed by atoms with van der Waals surface area (Å²) in [6.07, 6.45) is 0.777. The molecule has 1 N–H and O–H groups in total. The third kappa shape index (κ3) is 3.59. The summed E-state index contributed by atoms with van der Waals surface area (Å²) in [5.41, 5.74) is 3.32. The van der Waals surface area contributed by atoms with Gasteiger partial charge in [0.05, 0.1) is 5.56 Å². The van der Waals surface area contributed by atoms with Crippen molar-refractivity contribution in [3.05, 3.63) is 95.3 Å². The molecule has 1 aliphatic heterocycles. The number of benzene rings is 3. The predicted molar refractivity (Wildman–Crippen MR) is 114 cm³/mol. The first-order chi connectivity index (χ1) is 14.6. The monoisotopic (exact) mass is 402 g/mol. The Labute approximate surface area is 175 Å². The van der Waals surface area contributed by atoms with Gasteiger partial charge in [-0.05, 0) is 34.7 Å². The van der Waals surface area contributed by atoms with E-state index >= 15 is 0 Å². The molecule has 4 nitrogen and oxygen atoms in total. The van der Waals surface area contributed by atoms with Gasteiger partial charge in [0.25, 0.3) is 5.91 Å². The highest BCUT2D eigenvalue weighted by Gasteiger charge is 2.42. The minimum atomic E-state index is -0.849. The van der Waals surface area contributed by atoms with Crippen LogP contribution >= 0.6 is 0 Å². The highest BCUT2D eigenvalue weighted by atomic mass is 19.1. The van der Waals surface area contributed by atoms with Crippen molar-refractivity contribution in [3.8, 4) is 11.1 Å². The van der Waals surface area contributed by atoms with E-state index in [-0.39, 0.29) is 18.0 Å². The Hall–Kier alpha value is -3.47. The van der Waals surface area contributed by atoms with Gasteiger partial charge in [-0.2, -0.15) is 0 Å². The number of carbonyl (C=O) groups is 2. The van der Waals surface area contributed by atoms with Crippen LogP contribution in [0.4, 0.5) is 4.39 Å². The summed E-state index contributed by atoms with van der Waals surface area (Å²) in [5.74, 6) is -1.33. The third-order valence-electron chi connectivity index (χ3n) is 5.37. The second-order valence-electron chi connectivity index (χ2n) is 7.35. The Morgan fingerprint density at radius 3 is 2.50 bits per heavy atom. The van der Waals surface area contributed by atoms with E-state index in [9.17, 15) is 14.0 Å². The first-order valence-corrected chi connectivity index (χ1v) is 10.1. The molecule has 2 amide bonds. The van der Waals surface area contributed by atoms with Crippen molar-refractivity contribution in [2.45, 2.75) is 25.9 Å². The number of rotatable bonds is 6. The lowest BCUT2D eigenvalue weighted by Gasteiger charge is -2.26. The molecule has 1 aliphatic rings. The minimum Gasteiger partial charge on any atom is -0.354 e. The number of hydrogen-bond donors (Lipinski definition) is 1. The zero-order chi connectivity index (χ0) is 21.1. The summed E-state index contributed by atoms with van der Waals surface area (Å²) < 4.78 is 14.5. The van der Waals surface area contributed by atoms with Crippen molar-refractivity contribution in [1.82, 2.24) is 10.2 Å². The Balaban J connectivity index is 1.74. The summed E-state index contributed by atoms with van der Waals surface area (Å²) in [6, 6.07) is 21.3. The SMILES string of the molecule is CCCNC(=O)C1c2cccc(F)c2C(=O)N1Cc1ccccc1-c1ccccc1. The number of nitrogens with one attached hydrogen (secondary N) is 1. The fourth-order valence-electron chi connectivity index (χ4n) is 3.95. The van der Waals surface area contributed by atoms with Gasteiger partial charge in [-0.25, -0.2) is 4.39 Å². The average Bonchev–Trinajstić information content (AvgIpc) is 3.06. The van der Waals surface area contributed by atoms with E-state index in [0.29, 0.717) is 12.1 Å². The van der Waals surface area contributed by atoms with E-state index in [1.165, 1.54) is 11.0 Å². The van der Waals surface area contributed by atoms with Gasteiger partial charge in [-0.1, -0.05) is 73.7 Å². The van der Waals surface area contributed by atoms with Gasteiger partial charge in [0.15, 0.2) is 0 Å². The summed E-state index contributed by atoms with van der Waals surface area (Å²) >= 11 is 0. The highest BCUT2D eigenvalue weighted by molar-refractivity contribution is 6.05. The Morgan fingerprint density at radius 2 is 1.73 bits per heavy atom. The number of amides is 2. The van der Waals surface area contributed by atoms with E-state index in [1.807, 2.05) is 61.5 Å². The van der Waals surface area contributed by atoms with Crippen LogP contribution in [0.1, 0.15) is 40.9 Å². The van der Waals surface area contributed by atoms with Crippen LogP contribution in [0.3, 0.4) is 0 Å². The number of carbonyl (C=O) groups excluding carboxylic acids is 2. The molecule has 3 aromatic rings. The van der Waals surface area contributed by atoms with E-state index in [2.05, 4.69) is 5.32 Å². The molecule has 0 saturated heterocycles. The smallest absolute Gasteiger partial charge is 0.258 e. The largest absolute Gasteiger partial charge is 0.354 e. The second-order valence-corrected chi connectivity index (χ2v) is 7.35. The molecule has 1 atom stereocenters. The van der Waals surface area contributed by atoms with Gasteiger partial charge in [-0.15, -0.1) is 0 Å². The lowest BCUT2D eigenvalue weighted by molar-refractivity contribution is -0.125. The molecular formula is C25H23FN2O2. The summed E-state index contributed by atoms with van der Waals surface area (Å²) in [4.78, 5) is 27.6. The van der Waals surface area contributed by atoms with Crippen molar-refractivity contribution >= 4 is 11.8 Å². The molecule has 4 rings (SSSR count). The molecule has 0 radical (unpaired) electrons. The molecule has 30 heavy (non-hydrogen) atoms. The molecule has 0 saturated carbocycles. The van der Waals surface area contributed by atoms with Crippen LogP contribution in [0.5, 0.6) is 0 Å². The van der Waals surface area contributed by atoms with Crippen LogP contribution in [-0.2, 0) is 11.3 Å². The Morgan fingerprint density at radius 1 is 1.00 bits per heavy atom. The van der Waals surface area contributed by atoms with E-state index in [1.54, 1.807) is 12.1 Å². The normalized spacial score (nSPS) is 15.2. The van der Waals surface area contributed by atoms with Crippen molar-refractivity contribution in [1.29, 1.82) is 0 Å². The molecule has 0 bridgehead atoms. The topological polar surface area (TPSA) is 49.4 Å². The molecule has 152 valence electrons. The quantitative estimate of drug-likeness (QED) is 0.649. The maximum atomic E-state index is 14.5. The van der Waals surface area contributed by atoms with Gasteiger partial charge < -0.3 is 10.2 Å². The van der Waals surface area contributed by atoms with E-state index < -0.39 is 17.8 Å². The number of fused-ring (bicyclic) bond motifs is 1. The standard InChI is InChI=1S/C25H23FN2O2/c1-2-15-27-24(29)23-20-13-8-14-21(26)22(20)25(30)28(23)16-18-11-6-7-12-19(18)17-9-4-3-5-10-17/h3-14,23H,2,15-16H2,1H3,(H,27,29). The summed E-state index contributed by atoms with van der Waals surface area (Å²) in [7, 11) is 0. The van der Waals surface area contributed by atoms with E-state index in [4.69, 9.17) is 0 Å². The minimum absolute atomic E-state index is 0.00802. The molecule has 1 unspecified atom stereocenters. The fourth-order valence-corrected chi connectivity index (χ4v) is 3.95. The van der Waals surface area contributed by atoms with Crippen LogP contribution in [0.2, 0.25) is 0 Å². The van der Waals surface area contributed by atoms with Crippen molar-refractivity contribution < 1.29 is 14.0 Å². The van der Waals surface area contributed by atoms with Gasteiger partial charge in [0.2, 0.25) is 5.91 Å². The van der Waals surface area contributed by atoms with Gasteiger partial charge in [0.1, 0.15) is 11.9 Å². The zero-order valence-corrected chi connectivity index (χ0v) is 16.8. The van der Waals surface area contributed by atoms with Gasteiger partial charge in [0, 0.05) is 13.1 Å². The lowest BCUT2D eigenvalue weighted by atomic mass is 9.99. The Kier molecular flexibility index (Phi) is 5.61. The van der Waals surface area contributed by atoms with Crippen LogP contribution in [0.15, 0.2) is 72.8 Å². The van der Waals surface area contributed by atoms with Crippen LogP contribution < -0.4 is 5.32 Å². The van der Waals surface area contributed by atoms with Gasteiger partial charge in [-0.3, -0.25) is 9.59 Å². The van der Waals surface area contributed by atoms with Gasteiger partial charge >= 0.3 is 0 Å². The average molecular weight is 402 g/mol. The molecule has 1 heterocycles. The van der Waals surface area contributed by atoms with Crippen molar-refractivity contribution in [2.24, 2.45) is 0 Å². The number of halogens is 1. The van der Waals surface area contributed by atoms with Crippen molar-refractivity contribution in [2.75, 3.05) is 6.54 Å². The first-order valence-electron chi connectivity index (χ1n) is 10.1. The zero-order valence-electron chi connectivity index (χ0n) is 16.8.